The molecule has 0 unspecified atom stereocenters. The summed E-state index contributed by atoms with van der Waals surface area (Å²) in [6.45, 7) is 9.68. The van der Waals surface area contributed by atoms with Crippen LogP contribution in [-0.2, 0) is 13.2 Å². The number of hydrogen-bond donors (Lipinski definition) is 2. The third-order valence-corrected chi connectivity index (χ3v) is 7.27. The number of hydrogen-bond acceptors (Lipinski definition) is 5. The van der Waals surface area contributed by atoms with E-state index < -0.39 is 0 Å². The number of rotatable bonds is 9. The fraction of sp³-hybridized carbons (Fsp3) is 0.273. The van der Waals surface area contributed by atoms with Gasteiger partial charge in [0.25, 0.3) is 0 Å². The van der Waals surface area contributed by atoms with Crippen LogP contribution in [0.15, 0.2) is 97.3 Å². The number of benzene rings is 3. The van der Waals surface area contributed by atoms with E-state index >= 15 is 0 Å². The molecule has 1 aromatic heterocycles. The molecule has 2 amide bonds. The van der Waals surface area contributed by atoms with Crippen LogP contribution < -0.4 is 20.3 Å². The maximum Gasteiger partial charge on any atom is 0.319 e. The van der Waals surface area contributed by atoms with Crippen LogP contribution in [-0.4, -0.2) is 48.1 Å². The van der Waals surface area contributed by atoms with Gasteiger partial charge in [0.2, 0.25) is 0 Å². The van der Waals surface area contributed by atoms with Crippen molar-refractivity contribution in [3.05, 3.63) is 108 Å². The van der Waals surface area contributed by atoms with Crippen LogP contribution in [0.3, 0.4) is 0 Å². The number of piperazine rings is 1. The second kappa shape index (κ2) is 13.1. The first-order chi connectivity index (χ1) is 19.5. The van der Waals surface area contributed by atoms with Crippen molar-refractivity contribution in [1.82, 2.24) is 15.2 Å². The Bertz CT molecular complexity index is 1380. The first-order valence-electron chi connectivity index (χ1n) is 13.9. The van der Waals surface area contributed by atoms with Gasteiger partial charge in [-0.05, 0) is 78.6 Å². The molecular formula is C33H37N5O2. The first-order valence-corrected chi connectivity index (χ1v) is 13.9. The summed E-state index contributed by atoms with van der Waals surface area (Å²) in [6, 6.07) is 28.7. The van der Waals surface area contributed by atoms with E-state index in [1.165, 1.54) is 16.8 Å². The average molecular weight is 536 g/mol. The Balaban J connectivity index is 1.18. The van der Waals surface area contributed by atoms with Crippen molar-refractivity contribution in [2.75, 3.05) is 36.4 Å². The van der Waals surface area contributed by atoms with Gasteiger partial charge >= 0.3 is 6.03 Å². The molecule has 2 N–H and O–H groups in total. The van der Waals surface area contributed by atoms with Crippen molar-refractivity contribution >= 4 is 17.4 Å². The molecule has 0 spiro atoms. The molecule has 2 heterocycles. The van der Waals surface area contributed by atoms with Gasteiger partial charge in [0, 0.05) is 62.5 Å². The normalized spacial score (nSPS) is 13.7. The van der Waals surface area contributed by atoms with Crippen molar-refractivity contribution < 1.29 is 9.53 Å². The largest absolute Gasteiger partial charge is 0.489 e. The van der Waals surface area contributed by atoms with E-state index in [4.69, 9.17) is 4.74 Å². The third kappa shape index (κ3) is 7.18. The second-order valence-electron chi connectivity index (χ2n) is 10.3. The van der Waals surface area contributed by atoms with Gasteiger partial charge < -0.3 is 20.3 Å². The van der Waals surface area contributed by atoms with Gasteiger partial charge in [-0.2, -0.15) is 0 Å². The van der Waals surface area contributed by atoms with E-state index in [0.29, 0.717) is 24.9 Å². The number of pyridine rings is 1. The highest BCUT2D eigenvalue weighted by Crippen LogP contribution is 2.29. The standard InChI is InChI=1S/C33H37N5O2/c1-25(2)37-17-19-38(20-18-37)30-10-5-9-27(21-30)32-11-4-3-8-28(32)24-40-31-14-12-29(13-15-31)36-33(39)35-23-26-7-6-16-34-22-26/h3-16,21-22,25H,17-20,23-24H2,1-2H3,(H2,35,36,39). The van der Waals surface area contributed by atoms with Gasteiger partial charge in [0.15, 0.2) is 0 Å². The molecule has 1 aliphatic heterocycles. The molecule has 0 saturated carbocycles. The predicted octanol–water partition coefficient (Wildman–Crippen LogP) is 6.18. The summed E-state index contributed by atoms with van der Waals surface area (Å²) in [5.74, 6) is 0.743. The summed E-state index contributed by atoms with van der Waals surface area (Å²) in [7, 11) is 0. The van der Waals surface area contributed by atoms with Crippen LogP contribution in [0.1, 0.15) is 25.0 Å². The van der Waals surface area contributed by atoms with Crippen LogP contribution in [0.2, 0.25) is 0 Å². The van der Waals surface area contributed by atoms with Gasteiger partial charge in [-0.3, -0.25) is 9.88 Å². The minimum atomic E-state index is -0.268. The van der Waals surface area contributed by atoms with E-state index in [0.717, 1.165) is 43.1 Å². The third-order valence-electron chi connectivity index (χ3n) is 7.27. The summed E-state index contributed by atoms with van der Waals surface area (Å²) in [5.41, 5.74) is 6.40. The number of nitrogens with one attached hydrogen (secondary N) is 2. The van der Waals surface area contributed by atoms with Crippen LogP contribution >= 0.6 is 0 Å². The van der Waals surface area contributed by atoms with Crippen molar-refractivity contribution in [3.8, 4) is 16.9 Å². The molecule has 7 heteroatoms. The van der Waals surface area contributed by atoms with Crippen LogP contribution in [0, 0.1) is 0 Å². The smallest absolute Gasteiger partial charge is 0.319 e. The highest BCUT2D eigenvalue weighted by molar-refractivity contribution is 5.89. The Morgan fingerprint density at radius 3 is 2.48 bits per heavy atom. The van der Waals surface area contributed by atoms with Crippen molar-refractivity contribution in [2.45, 2.75) is 33.0 Å². The van der Waals surface area contributed by atoms with Crippen molar-refractivity contribution in [3.63, 3.8) is 0 Å². The Morgan fingerprint density at radius 1 is 0.925 bits per heavy atom. The van der Waals surface area contributed by atoms with Gasteiger partial charge in [-0.25, -0.2) is 4.79 Å². The molecular weight excluding hydrogens is 498 g/mol. The highest BCUT2D eigenvalue weighted by atomic mass is 16.5. The minimum absolute atomic E-state index is 0.268. The molecule has 0 bridgehead atoms. The molecule has 206 valence electrons. The van der Waals surface area contributed by atoms with E-state index in [9.17, 15) is 4.79 Å². The highest BCUT2D eigenvalue weighted by Gasteiger charge is 2.19. The van der Waals surface area contributed by atoms with E-state index in [1.54, 1.807) is 12.4 Å². The number of urea groups is 1. The Hall–Kier alpha value is -4.36. The van der Waals surface area contributed by atoms with Gasteiger partial charge in [0.1, 0.15) is 12.4 Å². The molecule has 5 rings (SSSR count). The lowest BCUT2D eigenvalue weighted by atomic mass is 9.99. The zero-order valence-corrected chi connectivity index (χ0v) is 23.2. The zero-order chi connectivity index (χ0) is 27.7. The fourth-order valence-corrected chi connectivity index (χ4v) is 4.95. The zero-order valence-electron chi connectivity index (χ0n) is 23.2. The number of amides is 2. The quantitative estimate of drug-likeness (QED) is 0.268. The molecule has 4 aromatic rings. The Kier molecular flexibility index (Phi) is 8.93. The summed E-state index contributed by atoms with van der Waals surface area (Å²) in [4.78, 5) is 21.3. The number of anilines is 2. The molecule has 0 aliphatic carbocycles. The Morgan fingerprint density at radius 2 is 1.73 bits per heavy atom. The molecule has 40 heavy (non-hydrogen) atoms. The molecule has 1 aliphatic rings. The summed E-state index contributed by atoms with van der Waals surface area (Å²) in [5, 5.41) is 5.69. The fourth-order valence-electron chi connectivity index (χ4n) is 4.95. The monoisotopic (exact) mass is 535 g/mol. The summed E-state index contributed by atoms with van der Waals surface area (Å²) < 4.78 is 6.15. The lowest BCUT2D eigenvalue weighted by molar-refractivity contribution is 0.209. The maximum atomic E-state index is 12.2. The number of carbonyl (C=O) groups is 1. The molecule has 1 saturated heterocycles. The molecule has 7 nitrogen and oxygen atoms in total. The maximum absolute atomic E-state index is 12.2. The van der Waals surface area contributed by atoms with Crippen LogP contribution in [0.5, 0.6) is 5.75 Å². The molecule has 1 fully saturated rings. The van der Waals surface area contributed by atoms with Crippen molar-refractivity contribution in [2.24, 2.45) is 0 Å². The van der Waals surface area contributed by atoms with Crippen LogP contribution in [0.25, 0.3) is 11.1 Å². The van der Waals surface area contributed by atoms with Crippen LogP contribution in [0.4, 0.5) is 16.2 Å². The van der Waals surface area contributed by atoms with Gasteiger partial charge in [-0.15, -0.1) is 0 Å². The lowest BCUT2D eigenvalue weighted by Gasteiger charge is -2.38. The summed E-state index contributed by atoms with van der Waals surface area (Å²) in [6.07, 6.45) is 3.44. The SMILES string of the molecule is CC(C)N1CCN(c2cccc(-c3ccccc3COc3ccc(NC(=O)NCc4cccnc4)cc3)c2)CC1. The second-order valence-corrected chi connectivity index (χ2v) is 10.3. The predicted molar refractivity (Wildman–Crippen MR) is 162 cm³/mol. The van der Waals surface area contributed by atoms with E-state index in [2.05, 4.69) is 81.7 Å². The molecule has 0 atom stereocenters. The number of nitrogens with zero attached hydrogens (tertiary/aromatic N) is 3. The topological polar surface area (TPSA) is 69.7 Å². The minimum Gasteiger partial charge on any atom is -0.489 e. The molecule has 0 radical (unpaired) electrons. The number of carbonyl (C=O) groups excluding carboxylic acids is 1. The van der Waals surface area contributed by atoms with E-state index in [1.807, 2.05) is 42.5 Å². The molecule has 3 aromatic carbocycles. The summed E-state index contributed by atoms with van der Waals surface area (Å²) >= 11 is 0. The van der Waals surface area contributed by atoms with Gasteiger partial charge in [-0.1, -0.05) is 42.5 Å². The van der Waals surface area contributed by atoms with Crippen molar-refractivity contribution in [1.29, 1.82) is 0 Å². The first kappa shape index (κ1) is 27.2. The number of ether oxygens (including phenoxy) is 1. The lowest BCUT2D eigenvalue weighted by Crippen LogP contribution is -2.48. The van der Waals surface area contributed by atoms with Gasteiger partial charge in [0.05, 0.1) is 0 Å². The van der Waals surface area contributed by atoms with E-state index in [-0.39, 0.29) is 6.03 Å². The number of aromatic nitrogens is 1. The average Bonchev–Trinajstić information content (AvgIpc) is 3.00. The Labute approximate surface area is 236 Å².